The third-order valence-electron chi connectivity index (χ3n) is 4.96. The van der Waals surface area contributed by atoms with Gasteiger partial charge in [0.15, 0.2) is 0 Å². The Morgan fingerprint density at radius 3 is 2.49 bits per heavy atom. The summed E-state index contributed by atoms with van der Waals surface area (Å²) in [5.74, 6) is -0.478. The summed E-state index contributed by atoms with van der Waals surface area (Å²) in [6, 6.07) is 11.2. The maximum atomic E-state index is 14.0. The van der Waals surface area contributed by atoms with Gasteiger partial charge in [0.1, 0.15) is 18.0 Å². The molecule has 2 aromatic carbocycles. The lowest BCUT2D eigenvalue weighted by molar-refractivity contribution is -0.137. The van der Waals surface area contributed by atoms with Crippen molar-refractivity contribution in [2.24, 2.45) is 0 Å². The highest BCUT2D eigenvalue weighted by atomic mass is 19.4. The Kier molecular flexibility index (Phi) is 6.58. The second-order valence-electron chi connectivity index (χ2n) is 7.42. The number of pyridine rings is 1. The molecule has 7 nitrogen and oxygen atoms in total. The van der Waals surface area contributed by atoms with Crippen LogP contribution in [0.1, 0.15) is 11.1 Å². The molecule has 0 radical (unpaired) electrons. The van der Waals surface area contributed by atoms with E-state index in [2.05, 4.69) is 30.9 Å². The molecule has 2 heterocycles. The zero-order valence-corrected chi connectivity index (χ0v) is 18.2. The average Bonchev–Trinajstić information content (AvgIpc) is 2.83. The standard InChI is InChI=1S/C24H18F4N6O/c1-14-4-6-16(32-23(35)34-21-11-15(24(26,27)28)5-7-18(21)25)12-20(14)33-22-17(3-2-9-30-22)19-8-10-29-13-31-19/h2-13H,1H3,(H,30,33)(H2,32,34,35). The summed E-state index contributed by atoms with van der Waals surface area (Å²) in [6.07, 6.45) is -0.0235. The number of rotatable bonds is 5. The van der Waals surface area contributed by atoms with Gasteiger partial charge in [-0.2, -0.15) is 13.2 Å². The number of alkyl halides is 3. The SMILES string of the molecule is Cc1ccc(NC(=O)Nc2cc(C(F)(F)F)ccc2F)cc1Nc1ncccc1-c1ccncn1. The largest absolute Gasteiger partial charge is 0.416 e. The van der Waals surface area contributed by atoms with E-state index in [1.807, 2.05) is 13.0 Å². The van der Waals surface area contributed by atoms with Gasteiger partial charge in [-0.1, -0.05) is 6.07 Å². The Hall–Kier alpha value is -4.54. The number of nitrogens with zero attached hydrogens (tertiary/aromatic N) is 3. The molecule has 0 spiro atoms. The van der Waals surface area contributed by atoms with Crippen LogP contribution in [0, 0.1) is 12.7 Å². The molecule has 0 atom stereocenters. The van der Waals surface area contributed by atoms with Gasteiger partial charge in [-0.05, 0) is 61.0 Å². The van der Waals surface area contributed by atoms with Crippen molar-refractivity contribution in [3.8, 4) is 11.3 Å². The fourth-order valence-electron chi connectivity index (χ4n) is 3.21. The Morgan fingerprint density at radius 2 is 1.74 bits per heavy atom. The molecule has 0 saturated carbocycles. The molecule has 0 fully saturated rings. The quantitative estimate of drug-likeness (QED) is 0.287. The van der Waals surface area contributed by atoms with Crippen LogP contribution in [0.15, 0.2) is 73.3 Å². The fourth-order valence-corrected chi connectivity index (χ4v) is 3.21. The summed E-state index contributed by atoms with van der Waals surface area (Å²) in [4.78, 5) is 24.9. The third kappa shape index (κ3) is 5.69. The van der Waals surface area contributed by atoms with Gasteiger partial charge < -0.3 is 16.0 Å². The highest BCUT2D eigenvalue weighted by molar-refractivity contribution is 6.00. The Morgan fingerprint density at radius 1 is 0.914 bits per heavy atom. The summed E-state index contributed by atoms with van der Waals surface area (Å²) in [7, 11) is 0. The van der Waals surface area contributed by atoms with Crippen LogP contribution in [0.3, 0.4) is 0 Å². The number of nitrogens with one attached hydrogen (secondary N) is 3. The predicted molar refractivity (Wildman–Crippen MR) is 124 cm³/mol. The minimum absolute atomic E-state index is 0.322. The van der Waals surface area contributed by atoms with Gasteiger partial charge in [0.25, 0.3) is 0 Å². The topological polar surface area (TPSA) is 91.8 Å². The van der Waals surface area contributed by atoms with Crippen molar-refractivity contribution in [3.05, 3.63) is 90.3 Å². The van der Waals surface area contributed by atoms with Crippen LogP contribution in [-0.4, -0.2) is 21.0 Å². The lowest BCUT2D eigenvalue weighted by atomic mass is 10.1. The summed E-state index contributed by atoms with van der Waals surface area (Å²) in [5, 5.41) is 7.82. The van der Waals surface area contributed by atoms with E-state index in [0.717, 1.165) is 11.1 Å². The molecule has 11 heteroatoms. The molecule has 0 aliphatic rings. The Balaban J connectivity index is 1.53. The molecular weight excluding hydrogens is 464 g/mol. The van der Waals surface area contributed by atoms with E-state index in [1.165, 1.54) is 6.33 Å². The number of halogens is 4. The van der Waals surface area contributed by atoms with Gasteiger partial charge in [-0.25, -0.2) is 24.1 Å². The minimum Gasteiger partial charge on any atom is -0.339 e. The summed E-state index contributed by atoms with van der Waals surface area (Å²) in [5.41, 5.74) is 1.48. The first-order valence-electron chi connectivity index (χ1n) is 10.2. The number of carbonyl (C=O) groups excluding carboxylic acids is 1. The molecular formula is C24H18F4N6O. The number of anilines is 4. The molecule has 0 aliphatic carbocycles. The van der Waals surface area contributed by atoms with Gasteiger partial charge in [0, 0.05) is 29.3 Å². The van der Waals surface area contributed by atoms with E-state index in [1.54, 1.807) is 42.7 Å². The van der Waals surface area contributed by atoms with E-state index in [-0.39, 0.29) is 0 Å². The van der Waals surface area contributed by atoms with Crippen LogP contribution in [0.25, 0.3) is 11.3 Å². The summed E-state index contributed by atoms with van der Waals surface area (Å²) >= 11 is 0. The van der Waals surface area contributed by atoms with Crippen molar-refractivity contribution in [2.75, 3.05) is 16.0 Å². The van der Waals surface area contributed by atoms with E-state index in [9.17, 15) is 22.4 Å². The number of aryl methyl sites for hydroxylation is 1. The highest BCUT2D eigenvalue weighted by Gasteiger charge is 2.31. The monoisotopic (exact) mass is 482 g/mol. The van der Waals surface area contributed by atoms with Crippen LogP contribution in [0.2, 0.25) is 0 Å². The first-order valence-corrected chi connectivity index (χ1v) is 10.2. The number of aromatic nitrogens is 3. The smallest absolute Gasteiger partial charge is 0.339 e. The zero-order valence-electron chi connectivity index (χ0n) is 18.2. The molecule has 35 heavy (non-hydrogen) atoms. The number of benzene rings is 2. The van der Waals surface area contributed by atoms with Crippen LogP contribution in [0.5, 0.6) is 0 Å². The summed E-state index contributed by atoms with van der Waals surface area (Å²) < 4.78 is 52.7. The number of urea groups is 1. The lowest BCUT2D eigenvalue weighted by Gasteiger charge is -2.15. The Labute approximate surface area is 197 Å². The molecule has 0 bridgehead atoms. The average molecular weight is 482 g/mol. The first kappa shape index (κ1) is 23.6. The molecule has 0 saturated heterocycles. The van der Waals surface area contributed by atoms with Crippen LogP contribution >= 0.6 is 0 Å². The number of amides is 2. The van der Waals surface area contributed by atoms with Crippen molar-refractivity contribution in [3.63, 3.8) is 0 Å². The van der Waals surface area contributed by atoms with E-state index < -0.39 is 29.3 Å². The van der Waals surface area contributed by atoms with Crippen LogP contribution in [0.4, 0.5) is 45.2 Å². The molecule has 3 N–H and O–H groups in total. The van der Waals surface area contributed by atoms with Crippen molar-refractivity contribution >= 4 is 28.9 Å². The molecule has 178 valence electrons. The van der Waals surface area contributed by atoms with Crippen molar-refractivity contribution in [1.82, 2.24) is 15.0 Å². The predicted octanol–water partition coefficient (Wildman–Crippen LogP) is 6.39. The molecule has 4 aromatic rings. The van der Waals surface area contributed by atoms with Gasteiger partial charge >= 0.3 is 12.2 Å². The van der Waals surface area contributed by atoms with E-state index in [0.29, 0.717) is 41.1 Å². The van der Waals surface area contributed by atoms with E-state index in [4.69, 9.17) is 0 Å². The van der Waals surface area contributed by atoms with Crippen molar-refractivity contribution in [1.29, 1.82) is 0 Å². The minimum atomic E-state index is -4.67. The van der Waals surface area contributed by atoms with Gasteiger partial charge in [-0.3, -0.25) is 0 Å². The zero-order chi connectivity index (χ0) is 25.0. The normalized spacial score (nSPS) is 11.1. The second kappa shape index (κ2) is 9.75. The fraction of sp³-hybridized carbons (Fsp3) is 0.0833. The number of hydrogen-bond donors (Lipinski definition) is 3. The highest BCUT2D eigenvalue weighted by Crippen LogP contribution is 2.32. The van der Waals surface area contributed by atoms with Crippen molar-refractivity contribution in [2.45, 2.75) is 13.1 Å². The molecule has 2 aromatic heterocycles. The van der Waals surface area contributed by atoms with Gasteiger partial charge in [0.2, 0.25) is 0 Å². The third-order valence-corrected chi connectivity index (χ3v) is 4.96. The molecule has 4 rings (SSSR count). The number of hydrogen-bond acceptors (Lipinski definition) is 5. The summed E-state index contributed by atoms with van der Waals surface area (Å²) in [6.45, 7) is 1.84. The number of carbonyl (C=O) groups is 1. The molecule has 2 amide bonds. The first-order chi connectivity index (χ1) is 16.7. The molecule has 0 unspecified atom stereocenters. The molecule has 0 aliphatic heterocycles. The van der Waals surface area contributed by atoms with Crippen LogP contribution < -0.4 is 16.0 Å². The van der Waals surface area contributed by atoms with Crippen LogP contribution in [-0.2, 0) is 6.18 Å². The van der Waals surface area contributed by atoms with Crippen molar-refractivity contribution < 1.29 is 22.4 Å². The second-order valence-corrected chi connectivity index (χ2v) is 7.42. The Bertz CT molecular complexity index is 1360. The maximum Gasteiger partial charge on any atom is 0.416 e. The van der Waals surface area contributed by atoms with Gasteiger partial charge in [-0.15, -0.1) is 0 Å². The maximum absolute atomic E-state index is 14.0. The van der Waals surface area contributed by atoms with E-state index >= 15 is 0 Å². The van der Waals surface area contributed by atoms with Gasteiger partial charge in [0.05, 0.1) is 16.9 Å². The lowest BCUT2D eigenvalue weighted by Crippen LogP contribution is -2.20.